The molecule has 0 aliphatic rings. The third-order valence-corrected chi connectivity index (χ3v) is 4.40. The van der Waals surface area contributed by atoms with Crippen LogP contribution >= 0.6 is 11.3 Å². The molecule has 0 bridgehead atoms. The Morgan fingerprint density at radius 3 is 2.81 bits per heavy atom. The van der Waals surface area contributed by atoms with E-state index < -0.39 is 5.82 Å². The Bertz CT molecular complexity index is 807. The minimum absolute atomic E-state index is 0.0234. The molecule has 106 valence electrons. The molecule has 0 amide bonds. The fourth-order valence-corrected chi connectivity index (χ4v) is 3.34. The molecule has 0 unspecified atom stereocenters. The van der Waals surface area contributed by atoms with Crippen molar-refractivity contribution in [1.29, 1.82) is 0 Å². The number of fused-ring (bicyclic) bond motifs is 1. The summed E-state index contributed by atoms with van der Waals surface area (Å²) in [6.45, 7) is 0. The summed E-state index contributed by atoms with van der Waals surface area (Å²) in [6.07, 6.45) is 0.168. The summed E-state index contributed by atoms with van der Waals surface area (Å²) in [4.78, 5) is 12.4. The number of rotatable bonds is 4. The van der Waals surface area contributed by atoms with Gasteiger partial charge in [-0.25, -0.2) is 4.39 Å². The van der Waals surface area contributed by atoms with Gasteiger partial charge in [0.25, 0.3) is 0 Å². The SMILES string of the molecule is COc1cccc(F)c1C(=O)Cc1csc2ccccc12. The van der Waals surface area contributed by atoms with Gasteiger partial charge in [-0.15, -0.1) is 11.3 Å². The summed E-state index contributed by atoms with van der Waals surface area (Å²) in [6, 6.07) is 12.3. The smallest absolute Gasteiger partial charge is 0.173 e. The highest BCUT2D eigenvalue weighted by atomic mass is 32.1. The van der Waals surface area contributed by atoms with Crippen molar-refractivity contribution in [3.05, 3.63) is 64.8 Å². The molecular weight excluding hydrogens is 287 g/mol. The van der Waals surface area contributed by atoms with Gasteiger partial charge in [-0.2, -0.15) is 0 Å². The molecule has 0 atom stereocenters. The minimum atomic E-state index is -0.543. The molecule has 0 saturated heterocycles. The normalized spacial score (nSPS) is 10.8. The summed E-state index contributed by atoms with van der Waals surface area (Å²) in [5, 5.41) is 3.00. The molecule has 3 aromatic rings. The number of methoxy groups -OCH3 is 1. The van der Waals surface area contributed by atoms with Crippen molar-refractivity contribution in [3.63, 3.8) is 0 Å². The predicted molar refractivity (Wildman–Crippen MR) is 82.8 cm³/mol. The van der Waals surface area contributed by atoms with Crippen LogP contribution in [0.3, 0.4) is 0 Å². The van der Waals surface area contributed by atoms with E-state index >= 15 is 0 Å². The maximum absolute atomic E-state index is 13.9. The van der Waals surface area contributed by atoms with Crippen molar-refractivity contribution in [3.8, 4) is 5.75 Å². The number of benzene rings is 2. The van der Waals surface area contributed by atoms with Crippen LogP contribution in [0.1, 0.15) is 15.9 Å². The number of ether oxygens (including phenoxy) is 1. The molecule has 0 fully saturated rings. The predicted octanol–water partition coefficient (Wildman–Crippen LogP) is 4.47. The molecular formula is C17H13FO2S. The van der Waals surface area contributed by atoms with Gasteiger partial charge >= 0.3 is 0 Å². The van der Waals surface area contributed by atoms with Gasteiger partial charge in [0, 0.05) is 11.1 Å². The van der Waals surface area contributed by atoms with Crippen LogP contribution in [0.5, 0.6) is 5.75 Å². The molecule has 0 N–H and O–H groups in total. The molecule has 4 heteroatoms. The first kappa shape index (κ1) is 13.8. The van der Waals surface area contributed by atoms with Crippen molar-refractivity contribution in [2.24, 2.45) is 0 Å². The summed E-state index contributed by atoms with van der Waals surface area (Å²) in [7, 11) is 1.44. The zero-order valence-corrected chi connectivity index (χ0v) is 12.2. The zero-order chi connectivity index (χ0) is 14.8. The first-order valence-corrected chi connectivity index (χ1v) is 7.39. The van der Waals surface area contributed by atoms with E-state index in [4.69, 9.17) is 4.74 Å². The molecule has 21 heavy (non-hydrogen) atoms. The third kappa shape index (κ3) is 2.54. The van der Waals surface area contributed by atoms with Crippen molar-refractivity contribution < 1.29 is 13.9 Å². The van der Waals surface area contributed by atoms with Crippen LogP contribution in [0.25, 0.3) is 10.1 Å². The third-order valence-electron chi connectivity index (χ3n) is 3.39. The molecule has 0 saturated carbocycles. The van der Waals surface area contributed by atoms with Gasteiger partial charge in [0.2, 0.25) is 0 Å². The summed E-state index contributed by atoms with van der Waals surface area (Å²) in [5.74, 6) is -0.535. The molecule has 0 radical (unpaired) electrons. The average Bonchev–Trinajstić information content (AvgIpc) is 2.90. The molecule has 2 nitrogen and oxygen atoms in total. The second kappa shape index (κ2) is 5.66. The van der Waals surface area contributed by atoms with Gasteiger partial charge in [0.15, 0.2) is 5.78 Å². The van der Waals surface area contributed by atoms with Crippen LogP contribution in [0, 0.1) is 5.82 Å². The summed E-state index contributed by atoms with van der Waals surface area (Å²) < 4.78 is 20.2. The highest BCUT2D eigenvalue weighted by Gasteiger charge is 2.19. The Labute approximate surface area is 125 Å². The molecule has 1 heterocycles. The molecule has 3 rings (SSSR count). The van der Waals surface area contributed by atoms with Crippen molar-refractivity contribution in [2.75, 3.05) is 7.11 Å². The van der Waals surface area contributed by atoms with E-state index in [-0.39, 0.29) is 23.5 Å². The monoisotopic (exact) mass is 300 g/mol. The minimum Gasteiger partial charge on any atom is -0.496 e. The highest BCUT2D eigenvalue weighted by Crippen LogP contribution is 2.28. The lowest BCUT2D eigenvalue weighted by atomic mass is 10.0. The maximum Gasteiger partial charge on any atom is 0.173 e. The summed E-state index contributed by atoms with van der Waals surface area (Å²) in [5.41, 5.74) is 0.946. The number of hydrogen-bond acceptors (Lipinski definition) is 3. The fourth-order valence-electron chi connectivity index (χ4n) is 2.38. The molecule has 1 aromatic heterocycles. The topological polar surface area (TPSA) is 26.3 Å². The van der Waals surface area contributed by atoms with Gasteiger partial charge in [-0.3, -0.25) is 4.79 Å². The molecule has 0 aliphatic carbocycles. The van der Waals surface area contributed by atoms with E-state index in [0.717, 1.165) is 15.6 Å². The largest absolute Gasteiger partial charge is 0.496 e. The quantitative estimate of drug-likeness (QED) is 0.664. The van der Waals surface area contributed by atoms with Crippen LogP contribution in [0.2, 0.25) is 0 Å². The van der Waals surface area contributed by atoms with Gasteiger partial charge < -0.3 is 4.74 Å². The Morgan fingerprint density at radius 2 is 2.00 bits per heavy atom. The van der Waals surface area contributed by atoms with Gasteiger partial charge in [0.1, 0.15) is 11.6 Å². The number of carbonyl (C=O) groups is 1. The van der Waals surface area contributed by atoms with Crippen LogP contribution in [0.15, 0.2) is 47.8 Å². The van der Waals surface area contributed by atoms with E-state index in [1.54, 1.807) is 17.4 Å². The molecule has 2 aromatic carbocycles. The Morgan fingerprint density at radius 1 is 1.19 bits per heavy atom. The van der Waals surface area contributed by atoms with Crippen LogP contribution in [0.4, 0.5) is 4.39 Å². The molecule has 0 spiro atoms. The average molecular weight is 300 g/mol. The van der Waals surface area contributed by atoms with Crippen molar-refractivity contribution in [2.45, 2.75) is 6.42 Å². The van der Waals surface area contributed by atoms with E-state index in [1.165, 1.54) is 19.2 Å². The first-order valence-electron chi connectivity index (χ1n) is 6.51. The number of carbonyl (C=O) groups excluding carboxylic acids is 1. The second-order valence-corrected chi connectivity index (χ2v) is 5.59. The van der Waals surface area contributed by atoms with Crippen LogP contribution in [-0.2, 0) is 6.42 Å². The number of Topliss-reactive ketones (excluding diaryl/α,β-unsaturated/α-hetero) is 1. The number of halogens is 1. The number of hydrogen-bond donors (Lipinski definition) is 0. The fraction of sp³-hybridized carbons (Fsp3) is 0.118. The van der Waals surface area contributed by atoms with Crippen molar-refractivity contribution in [1.82, 2.24) is 0 Å². The number of thiophene rings is 1. The molecule has 0 aliphatic heterocycles. The Balaban J connectivity index is 1.97. The lowest BCUT2D eigenvalue weighted by molar-refractivity contribution is 0.0986. The number of ketones is 1. The van der Waals surface area contributed by atoms with E-state index in [9.17, 15) is 9.18 Å². The first-order chi connectivity index (χ1) is 10.2. The Kier molecular flexibility index (Phi) is 3.71. The standard InChI is InChI=1S/C17H13FO2S/c1-20-15-7-4-6-13(18)17(15)14(19)9-11-10-21-16-8-3-2-5-12(11)16/h2-8,10H,9H2,1H3. The second-order valence-electron chi connectivity index (χ2n) is 4.67. The van der Waals surface area contributed by atoms with E-state index in [2.05, 4.69) is 0 Å². The van der Waals surface area contributed by atoms with E-state index in [1.807, 2.05) is 29.6 Å². The van der Waals surface area contributed by atoms with E-state index in [0.29, 0.717) is 0 Å². The lowest BCUT2D eigenvalue weighted by Gasteiger charge is -2.08. The highest BCUT2D eigenvalue weighted by molar-refractivity contribution is 7.17. The van der Waals surface area contributed by atoms with Gasteiger partial charge in [0.05, 0.1) is 12.7 Å². The van der Waals surface area contributed by atoms with Crippen LogP contribution in [-0.4, -0.2) is 12.9 Å². The Hall–Kier alpha value is -2.20. The summed E-state index contributed by atoms with van der Waals surface area (Å²) >= 11 is 1.59. The van der Waals surface area contributed by atoms with Gasteiger partial charge in [-0.05, 0) is 34.5 Å². The lowest BCUT2D eigenvalue weighted by Crippen LogP contribution is -2.08. The van der Waals surface area contributed by atoms with Crippen LogP contribution < -0.4 is 4.74 Å². The zero-order valence-electron chi connectivity index (χ0n) is 11.4. The maximum atomic E-state index is 13.9. The van der Waals surface area contributed by atoms with Gasteiger partial charge in [-0.1, -0.05) is 24.3 Å². The van der Waals surface area contributed by atoms with Crippen molar-refractivity contribution >= 4 is 27.2 Å².